The highest BCUT2D eigenvalue weighted by Crippen LogP contribution is 2.12. The third-order valence-electron chi connectivity index (χ3n) is 3.24. The molecule has 0 saturated heterocycles. The summed E-state index contributed by atoms with van der Waals surface area (Å²) in [4.78, 5) is 5.45. The Bertz CT molecular complexity index is 541. The van der Waals surface area contributed by atoms with Gasteiger partial charge in [0.15, 0.2) is 0 Å². The molecular weight excluding hydrogens is 288 g/mol. The topological polar surface area (TPSA) is 72.2 Å². The van der Waals surface area contributed by atoms with Crippen molar-refractivity contribution in [3.63, 3.8) is 0 Å². The minimum absolute atomic E-state index is 0.343. The SMILES string of the molecule is Cc1ncsc1CCOCC(O)CNCc1ccnn1C. The van der Waals surface area contributed by atoms with Crippen LogP contribution < -0.4 is 5.32 Å². The van der Waals surface area contributed by atoms with Crippen LogP contribution in [0.15, 0.2) is 17.8 Å². The summed E-state index contributed by atoms with van der Waals surface area (Å²) in [7, 11) is 1.90. The van der Waals surface area contributed by atoms with Gasteiger partial charge in [-0.1, -0.05) is 0 Å². The van der Waals surface area contributed by atoms with Gasteiger partial charge in [0, 0.05) is 37.6 Å². The zero-order valence-corrected chi connectivity index (χ0v) is 13.3. The second-order valence-corrected chi connectivity index (χ2v) is 5.86. The van der Waals surface area contributed by atoms with Crippen molar-refractivity contribution in [2.45, 2.75) is 26.0 Å². The average Bonchev–Trinajstić information content (AvgIpc) is 3.04. The van der Waals surface area contributed by atoms with Crippen LogP contribution in [0.5, 0.6) is 0 Å². The van der Waals surface area contributed by atoms with E-state index in [1.54, 1.807) is 17.5 Å². The smallest absolute Gasteiger partial charge is 0.0897 e. The Balaban J connectivity index is 1.54. The minimum atomic E-state index is -0.499. The van der Waals surface area contributed by atoms with Crippen LogP contribution >= 0.6 is 11.3 Å². The van der Waals surface area contributed by atoms with Gasteiger partial charge in [-0.05, 0) is 13.0 Å². The van der Waals surface area contributed by atoms with Crippen molar-refractivity contribution in [2.24, 2.45) is 7.05 Å². The van der Waals surface area contributed by atoms with Crippen molar-refractivity contribution in [1.82, 2.24) is 20.1 Å². The average molecular weight is 310 g/mol. The fourth-order valence-corrected chi connectivity index (χ4v) is 2.71. The second kappa shape index (κ2) is 8.23. The van der Waals surface area contributed by atoms with Crippen molar-refractivity contribution in [1.29, 1.82) is 0 Å². The zero-order chi connectivity index (χ0) is 15.1. The van der Waals surface area contributed by atoms with Gasteiger partial charge in [-0.25, -0.2) is 4.98 Å². The molecule has 2 aromatic rings. The Kier molecular flexibility index (Phi) is 6.31. The van der Waals surface area contributed by atoms with Crippen molar-refractivity contribution >= 4 is 11.3 Å². The minimum Gasteiger partial charge on any atom is -0.389 e. The largest absolute Gasteiger partial charge is 0.389 e. The molecule has 2 N–H and O–H groups in total. The highest BCUT2D eigenvalue weighted by atomic mass is 32.1. The van der Waals surface area contributed by atoms with E-state index in [2.05, 4.69) is 15.4 Å². The maximum absolute atomic E-state index is 9.84. The van der Waals surface area contributed by atoms with E-state index >= 15 is 0 Å². The lowest BCUT2D eigenvalue weighted by Gasteiger charge is -2.12. The Hall–Kier alpha value is -1.28. The Morgan fingerprint density at radius 3 is 3.05 bits per heavy atom. The molecule has 0 aromatic carbocycles. The van der Waals surface area contributed by atoms with Gasteiger partial charge in [-0.15, -0.1) is 11.3 Å². The summed E-state index contributed by atoms with van der Waals surface area (Å²) in [5.74, 6) is 0. The van der Waals surface area contributed by atoms with Crippen LogP contribution in [0, 0.1) is 6.92 Å². The van der Waals surface area contributed by atoms with Crippen LogP contribution in [0.2, 0.25) is 0 Å². The van der Waals surface area contributed by atoms with Gasteiger partial charge < -0.3 is 15.2 Å². The molecule has 0 aliphatic heterocycles. The number of hydrogen-bond acceptors (Lipinski definition) is 6. The van der Waals surface area contributed by atoms with E-state index in [1.165, 1.54) is 4.88 Å². The lowest BCUT2D eigenvalue weighted by atomic mass is 10.3. The molecule has 1 unspecified atom stereocenters. The lowest BCUT2D eigenvalue weighted by Crippen LogP contribution is -2.30. The number of thiazole rings is 1. The number of rotatable bonds is 9. The number of nitrogens with one attached hydrogen (secondary N) is 1. The summed E-state index contributed by atoms with van der Waals surface area (Å²) >= 11 is 1.65. The van der Waals surface area contributed by atoms with Crippen molar-refractivity contribution < 1.29 is 9.84 Å². The molecule has 6 nitrogen and oxygen atoms in total. The van der Waals surface area contributed by atoms with E-state index in [-0.39, 0.29) is 0 Å². The van der Waals surface area contributed by atoms with E-state index in [9.17, 15) is 5.11 Å². The molecule has 2 heterocycles. The number of ether oxygens (including phenoxy) is 1. The molecule has 2 aromatic heterocycles. The first kappa shape index (κ1) is 16.1. The van der Waals surface area contributed by atoms with Gasteiger partial charge in [-0.3, -0.25) is 4.68 Å². The molecule has 0 spiro atoms. The van der Waals surface area contributed by atoms with Crippen LogP contribution in [0.25, 0.3) is 0 Å². The quantitative estimate of drug-likeness (QED) is 0.673. The van der Waals surface area contributed by atoms with E-state index in [1.807, 2.05) is 30.2 Å². The number of aryl methyl sites for hydroxylation is 2. The van der Waals surface area contributed by atoms with E-state index in [0.717, 1.165) is 17.8 Å². The summed E-state index contributed by atoms with van der Waals surface area (Å²) in [5, 5.41) is 17.1. The Morgan fingerprint density at radius 1 is 1.52 bits per heavy atom. The molecule has 0 amide bonds. The first-order chi connectivity index (χ1) is 10.2. The van der Waals surface area contributed by atoms with Crippen molar-refractivity contribution in [2.75, 3.05) is 19.8 Å². The lowest BCUT2D eigenvalue weighted by molar-refractivity contribution is 0.0383. The van der Waals surface area contributed by atoms with Gasteiger partial charge in [0.05, 0.1) is 36.2 Å². The summed E-state index contributed by atoms with van der Waals surface area (Å²) in [6.45, 7) is 4.15. The van der Waals surface area contributed by atoms with Crippen LogP contribution in [0.4, 0.5) is 0 Å². The van der Waals surface area contributed by atoms with Gasteiger partial charge >= 0.3 is 0 Å². The van der Waals surface area contributed by atoms with Crippen LogP contribution in [0.1, 0.15) is 16.3 Å². The van der Waals surface area contributed by atoms with Gasteiger partial charge in [0.25, 0.3) is 0 Å². The highest BCUT2D eigenvalue weighted by Gasteiger charge is 2.06. The summed E-state index contributed by atoms with van der Waals surface area (Å²) in [5.41, 5.74) is 4.01. The Morgan fingerprint density at radius 2 is 2.38 bits per heavy atom. The molecule has 21 heavy (non-hydrogen) atoms. The monoisotopic (exact) mass is 310 g/mol. The van der Waals surface area contributed by atoms with E-state index in [0.29, 0.717) is 26.3 Å². The van der Waals surface area contributed by atoms with Gasteiger partial charge in [0.2, 0.25) is 0 Å². The number of aliphatic hydroxyl groups excluding tert-OH is 1. The molecule has 0 radical (unpaired) electrons. The fourth-order valence-electron chi connectivity index (χ4n) is 1.95. The molecule has 1 atom stereocenters. The third kappa shape index (κ3) is 5.20. The number of aromatic nitrogens is 3. The van der Waals surface area contributed by atoms with E-state index in [4.69, 9.17) is 4.74 Å². The van der Waals surface area contributed by atoms with Crippen LogP contribution in [0.3, 0.4) is 0 Å². The molecule has 0 saturated carbocycles. The third-order valence-corrected chi connectivity index (χ3v) is 4.23. The van der Waals surface area contributed by atoms with Crippen molar-refractivity contribution in [3.05, 3.63) is 34.0 Å². The molecular formula is C14H22N4O2S. The van der Waals surface area contributed by atoms with Gasteiger partial charge in [0.1, 0.15) is 0 Å². The normalized spacial score (nSPS) is 12.7. The van der Waals surface area contributed by atoms with Crippen LogP contribution in [-0.2, 0) is 24.8 Å². The summed E-state index contributed by atoms with van der Waals surface area (Å²) in [6, 6.07) is 1.95. The molecule has 2 rings (SSSR count). The van der Waals surface area contributed by atoms with E-state index < -0.39 is 6.10 Å². The molecule has 0 fully saturated rings. The Labute approximate surface area is 128 Å². The number of hydrogen-bond donors (Lipinski definition) is 2. The molecule has 0 bridgehead atoms. The van der Waals surface area contributed by atoms with Gasteiger partial charge in [-0.2, -0.15) is 5.10 Å². The maximum atomic E-state index is 9.84. The first-order valence-corrected chi connectivity index (χ1v) is 7.87. The number of aliphatic hydroxyl groups is 1. The standard InChI is InChI=1S/C14H22N4O2S/c1-11-14(21-10-16-11)4-6-20-9-13(19)8-15-7-12-3-5-17-18(12)2/h3,5,10,13,15,19H,4,6-9H2,1-2H3. The summed E-state index contributed by atoms with van der Waals surface area (Å²) in [6.07, 6.45) is 2.12. The predicted molar refractivity (Wildman–Crippen MR) is 82.3 cm³/mol. The van der Waals surface area contributed by atoms with Crippen LogP contribution in [-0.4, -0.2) is 45.7 Å². The molecule has 0 aliphatic carbocycles. The zero-order valence-electron chi connectivity index (χ0n) is 12.5. The summed E-state index contributed by atoms with van der Waals surface area (Å²) < 4.78 is 7.32. The van der Waals surface area contributed by atoms with Crippen molar-refractivity contribution in [3.8, 4) is 0 Å². The molecule has 0 aliphatic rings. The fraction of sp³-hybridized carbons (Fsp3) is 0.571. The first-order valence-electron chi connectivity index (χ1n) is 6.99. The number of nitrogens with zero attached hydrogens (tertiary/aromatic N) is 3. The molecule has 7 heteroatoms. The predicted octanol–water partition coefficient (Wildman–Crippen LogP) is 0.895. The maximum Gasteiger partial charge on any atom is 0.0897 e. The highest BCUT2D eigenvalue weighted by molar-refractivity contribution is 7.09. The second-order valence-electron chi connectivity index (χ2n) is 4.92. The molecule has 116 valence electrons.